The zero-order valence-electron chi connectivity index (χ0n) is 7.50. The van der Waals surface area contributed by atoms with Gasteiger partial charge in [0.15, 0.2) is 0 Å². The molecule has 1 aromatic rings. The topological polar surface area (TPSA) is 9.23 Å². The number of hydrogen-bond donors (Lipinski definition) is 0. The van der Waals surface area contributed by atoms with Crippen LogP contribution in [-0.4, -0.2) is 6.61 Å². The van der Waals surface area contributed by atoms with Crippen LogP contribution in [0.1, 0.15) is 30.9 Å². The molecule has 1 aromatic carbocycles. The van der Waals surface area contributed by atoms with Crippen LogP contribution in [0.4, 0.5) is 0 Å². The Labute approximate surface area is 92.6 Å². The Bertz CT molecular complexity index is 262. The molecule has 0 radical (unpaired) electrons. The third kappa shape index (κ3) is 2.44. The lowest BCUT2D eigenvalue weighted by atomic mass is 10.0. The maximum absolute atomic E-state index is 5.70. The van der Waals surface area contributed by atoms with Crippen LogP contribution in [0.5, 0.6) is 0 Å². The maximum atomic E-state index is 5.70. The van der Waals surface area contributed by atoms with Crippen LogP contribution in [0.3, 0.4) is 0 Å². The van der Waals surface area contributed by atoms with Gasteiger partial charge in [-0.2, -0.15) is 0 Å². The number of benzene rings is 1. The van der Waals surface area contributed by atoms with E-state index in [2.05, 4.69) is 46.9 Å². The number of halogens is 1. The third-order valence-electron chi connectivity index (χ3n) is 2.42. The lowest BCUT2D eigenvalue weighted by Gasteiger charge is -2.22. The summed E-state index contributed by atoms with van der Waals surface area (Å²) in [6.45, 7) is 0.927. The highest BCUT2D eigenvalue weighted by Gasteiger charge is 2.15. The van der Waals surface area contributed by atoms with Crippen LogP contribution in [0.15, 0.2) is 24.3 Å². The van der Waals surface area contributed by atoms with Gasteiger partial charge in [0.05, 0.1) is 6.10 Å². The van der Waals surface area contributed by atoms with E-state index in [1.807, 2.05) is 0 Å². The minimum absolute atomic E-state index is 0.353. The summed E-state index contributed by atoms with van der Waals surface area (Å²) in [4.78, 5) is 0. The molecule has 2 heteroatoms. The molecule has 0 bridgehead atoms. The highest BCUT2D eigenvalue weighted by Crippen LogP contribution is 2.27. The molecule has 1 atom stereocenters. The van der Waals surface area contributed by atoms with Crippen molar-refractivity contribution in [1.82, 2.24) is 0 Å². The lowest BCUT2D eigenvalue weighted by molar-refractivity contribution is 0.0149. The predicted octanol–water partition coefficient (Wildman–Crippen LogP) is 3.53. The second kappa shape index (κ2) is 4.42. The Morgan fingerprint density at radius 3 is 2.54 bits per heavy atom. The predicted molar refractivity (Wildman–Crippen MR) is 61.7 cm³/mol. The summed E-state index contributed by atoms with van der Waals surface area (Å²) in [5, 5.41) is 0. The largest absolute Gasteiger partial charge is 0.374 e. The molecule has 0 N–H and O–H groups in total. The highest BCUT2D eigenvalue weighted by atomic mass is 127. The fourth-order valence-corrected chi connectivity index (χ4v) is 2.04. The third-order valence-corrected chi connectivity index (χ3v) is 3.14. The van der Waals surface area contributed by atoms with Crippen LogP contribution in [0.25, 0.3) is 0 Å². The molecule has 0 spiro atoms. The van der Waals surface area contributed by atoms with Gasteiger partial charge in [-0.05, 0) is 59.5 Å². The van der Waals surface area contributed by atoms with Gasteiger partial charge in [0.1, 0.15) is 0 Å². The first-order valence-electron chi connectivity index (χ1n) is 4.73. The minimum atomic E-state index is 0.353. The van der Waals surface area contributed by atoms with E-state index >= 15 is 0 Å². The number of hydrogen-bond acceptors (Lipinski definition) is 1. The van der Waals surface area contributed by atoms with Gasteiger partial charge in [-0.25, -0.2) is 0 Å². The average molecular weight is 288 g/mol. The first kappa shape index (κ1) is 9.46. The summed E-state index contributed by atoms with van der Waals surface area (Å²) in [6, 6.07) is 8.65. The fraction of sp³-hybridized carbons (Fsp3) is 0.455. The molecule has 70 valence electrons. The van der Waals surface area contributed by atoms with Crippen molar-refractivity contribution in [3.8, 4) is 0 Å². The first-order chi connectivity index (χ1) is 6.36. The molecule has 0 aromatic heterocycles. The summed E-state index contributed by atoms with van der Waals surface area (Å²) < 4.78 is 6.99. The van der Waals surface area contributed by atoms with E-state index in [0.717, 1.165) is 6.61 Å². The van der Waals surface area contributed by atoms with Crippen LogP contribution in [0.2, 0.25) is 0 Å². The van der Waals surface area contributed by atoms with Crippen molar-refractivity contribution in [2.75, 3.05) is 6.61 Å². The first-order valence-corrected chi connectivity index (χ1v) is 5.81. The van der Waals surface area contributed by atoms with Crippen molar-refractivity contribution in [2.45, 2.75) is 25.4 Å². The van der Waals surface area contributed by atoms with Gasteiger partial charge in [-0.15, -0.1) is 0 Å². The normalized spacial score (nSPS) is 23.0. The second-order valence-electron chi connectivity index (χ2n) is 3.41. The quantitative estimate of drug-likeness (QED) is 0.718. The van der Waals surface area contributed by atoms with Crippen molar-refractivity contribution in [3.63, 3.8) is 0 Å². The monoisotopic (exact) mass is 288 g/mol. The Hall–Kier alpha value is -0.0900. The SMILES string of the molecule is Ic1ccc(C2CCCCO2)cc1. The van der Waals surface area contributed by atoms with E-state index in [9.17, 15) is 0 Å². The molecule has 1 unspecified atom stereocenters. The molecule has 0 saturated carbocycles. The van der Waals surface area contributed by atoms with Gasteiger partial charge in [0.25, 0.3) is 0 Å². The Morgan fingerprint density at radius 2 is 1.92 bits per heavy atom. The Kier molecular flexibility index (Phi) is 3.22. The van der Waals surface area contributed by atoms with Crippen molar-refractivity contribution < 1.29 is 4.74 Å². The molecule has 1 nitrogen and oxygen atoms in total. The van der Waals surface area contributed by atoms with Gasteiger partial charge in [-0.1, -0.05) is 12.1 Å². The standard InChI is InChI=1S/C11H13IO/c12-10-6-4-9(5-7-10)11-3-1-2-8-13-11/h4-7,11H,1-3,8H2. The molecule has 1 heterocycles. The van der Waals surface area contributed by atoms with Crippen LogP contribution < -0.4 is 0 Å². The molecule has 1 aliphatic rings. The summed E-state index contributed by atoms with van der Waals surface area (Å²) >= 11 is 2.33. The zero-order valence-corrected chi connectivity index (χ0v) is 9.66. The van der Waals surface area contributed by atoms with Gasteiger partial charge >= 0.3 is 0 Å². The zero-order chi connectivity index (χ0) is 9.10. The summed E-state index contributed by atoms with van der Waals surface area (Å²) in [7, 11) is 0. The number of ether oxygens (including phenoxy) is 1. The van der Waals surface area contributed by atoms with E-state index in [4.69, 9.17) is 4.74 Å². The van der Waals surface area contributed by atoms with Crippen LogP contribution in [-0.2, 0) is 4.74 Å². The van der Waals surface area contributed by atoms with E-state index in [0.29, 0.717) is 6.10 Å². The lowest BCUT2D eigenvalue weighted by Crippen LogP contribution is -2.11. The summed E-state index contributed by atoms with van der Waals surface area (Å²) in [6.07, 6.45) is 4.06. The van der Waals surface area contributed by atoms with Crippen LogP contribution in [0, 0.1) is 3.57 Å². The van der Waals surface area contributed by atoms with Crippen molar-refractivity contribution in [2.24, 2.45) is 0 Å². The molecule has 0 amide bonds. The molecular formula is C11H13IO. The smallest absolute Gasteiger partial charge is 0.0824 e. The van der Waals surface area contributed by atoms with Crippen molar-refractivity contribution >= 4 is 22.6 Å². The van der Waals surface area contributed by atoms with E-state index < -0.39 is 0 Å². The Balaban J connectivity index is 2.10. The molecule has 0 aliphatic carbocycles. The summed E-state index contributed by atoms with van der Waals surface area (Å²) in [5.41, 5.74) is 1.33. The summed E-state index contributed by atoms with van der Waals surface area (Å²) in [5.74, 6) is 0. The fourth-order valence-electron chi connectivity index (χ4n) is 1.68. The van der Waals surface area contributed by atoms with Gasteiger partial charge < -0.3 is 4.74 Å². The molecule has 1 fully saturated rings. The van der Waals surface area contributed by atoms with E-state index in [1.54, 1.807) is 0 Å². The van der Waals surface area contributed by atoms with E-state index in [1.165, 1.54) is 28.4 Å². The average Bonchev–Trinajstić information content (AvgIpc) is 2.20. The molecule has 2 rings (SSSR count). The van der Waals surface area contributed by atoms with Gasteiger partial charge in [0, 0.05) is 10.2 Å². The molecular weight excluding hydrogens is 275 g/mol. The van der Waals surface area contributed by atoms with Crippen LogP contribution >= 0.6 is 22.6 Å². The molecule has 13 heavy (non-hydrogen) atoms. The highest BCUT2D eigenvalue weighted by molar-refractivity contribution is 14.1. The number of rotatable bonds is 1. The van der Waals surface area contributed by atoms with Crippen molar-refractivity contribution in [3.05, 3.63) is 33.4 Å². The Morgan fingerprint density at radius 1 is 1.15 bits per heavy atom. The maximum Gasteiger partial charge on any atom is 0.0824 e. The van der Waals surface area contributed by atoms with E-state index in [-0.39, 0.29) is 0 Å². The second-order valence-corrected chi connectivity index (χ2v) is 4.65. The van der Waals surface area contributed by atoms with Gasteiger partial charge in [0.2, 0.25) is 0 Å². The minimum Gasteiger partial charge on any atom is -0.374 e. The van der Waals surface area contributed by atoms with Crippen molar-refractivity contribution in [1.29, 1.82) is 0 Å². The van der Waals surface area contributed by atoms with Gasteiger partial charge in [-0.3, -0.25) is 0 Å². The molecule has 1 saturated heterocycles. The molecule has 1 aliphatic heterocycles.